The first-order valence-electron chi connectivity index (χ1n) is 8.50. The van der Waals surface area contributed by atoms with Gasteiger partial charge in [-0.2, -0.15) is 0 Å². The molecule has 0 atom stereocenters. The van der Waals surface area contributed by atoms with Gasteiger partial charge >= 0.3 is 11.9 Å². The largest absolute Gasteiger partial charge is 0.466 e. The van der Waals surface area contributed by atoms with Gasteiger partial charge in [0, 0.05) is 20.0 Å². The Morgan fingerprint density at radius 1 is 0.682 bits per heavy atom. The summed E-state index contributed by atoms with van der Waals surface area (Å²) in [5.74, 6) is -0.404. The van der Waals surface area contributed by atoms with Gasteiger partial charge in [0.25, 0.3) is 0 Å². The smallest absolute Gasteiger partial charge is 0.305 e. The minimum absolute atomic E-state index is 0.165. The van der Waals surface area contributed by atoms with E-state index in [1.807, 2.05) is 0 Å². The van der Waals surface area contributed by atoms with Crippen molar-refractivity contribution in [3.05, 3.63) is 0 Å². The lowest BCUT2D eigenvalue weighted by Crippen LogP contribution is -2.10. The lowest BCUT2D eigenvalue weighted by Gasteiger charge is -2.05. The van der Waals surface area contributed by atoms with Crippen LogP contribution in [0.3, 0.4) is 0 Å². The van der Waals surface area contributed by atoms with E-state index in [0.29, 0.717) is 38.9 Å². The summed E-state index contributed by atoms with van der Waals surface area (Å²) < 4.78 is 14.9. The van der Waals surface area contributed by atoms with Crippen LogP contribution in [-0.4, -0.2) is 38.9 Å². The molecule has 0 radical (unpaired) electrons. The third-order valence-electron chi connectivity index (χ3n) is 3.32. The SMILES string of the molecule is CCCCCCCCOC(=O)CCCCC(=O)OCCOC. The van der Waals surface area contributed by atoms with Gasteiger partial charge in [0.05, 0.1) is 13.2 Å². The summed E-state index contributed by atoms with van der Waals surface area (Å²) in [4.78, 5) is 22.8. The summed E-state index contributed by atoms with van der Waals surface area (Å²) in [5, 5.41) is 0. The zero-order valence-corrected chi connectivity index (χ0v) is 14.2. The molecule has 0 aromatic carbocycles. The highest BCUT2D eigenvalue weighted by Gasteiger charge is 2.06. The summed E-state index contributed by atoms with van der Waals surface area (Å²) >= 11 is 0. The van der Waals surface area contributed by atoms with Crippen molar-refractivity contribution in [2.75, 3.05) is 26.9 Å². The molecule has 0 unspecified atom stereocenters. The van der Waals surface area contributed by atoms with E-state index in [-0.39, 0.29) is 18.5 Å². The van der Waals surface area contributed by atoms with Crippen molar-refractivity contribution in [2.24, 2.45) is 0 Å². The van der Waals surface area contributed by atoms with Crippen molar-refractivity contribution >= 4 is 11.9 Å². The molecule has 0 aliphatic carbocycles. The van der Waals surface area contributed by atoms with Crippen LogP contribution in [-0.2, 0) is 23.8 Å². The monoisotopic (exact) mass is 316 g/mol. The molecule has 0 heterocycles. The van der Waals surface area contributed by atoms with E-state index in [1.165, 1.54) is 25.7 Å². The quantitative estimate of drug-likeness (QED) is 0.341. The number of hydrogen-bond donors (Lipinski definition) is 0. The Morgan fingerprint density at radius 2 is 1.23 bits per heavy atom. The Labute approximate surface area is 134 Å². The number of unbranched alkanes of at least 4 members (excludes halogenated alkanes) is 6. The summed E-state index contributed by atoms with van der Waals surface area (Å²) in [7, 11) is 1.56. The molecule has 0 aliphatic rings. The third kappa shape index (κ3) is 15.3. The Hall–Kier alpha value is -1.10. The van der Waals surface area contributed by atoms with Crippen LogP contribution in [0.2, 0.25) is 0 Å². The fourth-order valence-corrected chi connectivity index (χ4v) is 1.99. The van der Waals surface area contributed by atoms with E-state index >= 15 is 0 Å². The van der Waals surface area contributed by atoms with E-state index < -0.39 is 0 Å². The minimum Gasteiger partial charge on any atom is -0.466 e. The van der Waals surface area contributed by atoms with Gasteiger partial charge in [-0.3, -0.25) is 9.59 Å². The van der Waals surface area contributed by atoms with Crippen molar-refractivity contribution in [3.8, 4) is 0 Å². The topological polar surface area (TPSA) is 61.8 Å². The Bertz CT molecular complexity index is 278. The molecular formula is C17H32O5. The van der Waals surface area contributed by atoms with Gasteiger partial charge in [-0.25, -0.2) is 0 Å². The van der Waals surface area contributed by atoms with Crippen LogP contribution in [0.1, 0.15) is 71.1 Å². The third-order valence-corrected chi connectivity index (χ3v) is 3.32. The molecule has 0 amide bonds. The van der Waals surface area contributed by atoms with Crippen molar-refractivity contribution in [2.45, 2.75) is 71.1 Å². The fourth-order valence-electron chi connectivity index (χ4n) is 1.99. The predicted octanol–water partition coefficient (Wildman–Crippen LogP) is 3.64. The maximum atomic E-state index is 11.5. The van der Waals surface area contributed by atoms with E-state index in [1.54, 1.807) is 7.11 Å². The molecule has 0 bridgehead atoms. The molecule has 0 aromatic heterocycles. The lowest BCUT2D eigenvalue weighted by atomic mass is 10.1. The van der Waals surface area contributed by atoms with Crippen LogP contribution >= 0.6 is 0 Å². The Morgan fingerprint density at radius 3 is 1.82 bits per heavy atom. The molecule has 22 heavy (non-hydrogen) atoms. The number of methoxy groups -OCH3 is 1. The molecule has 0 spiro atoms. The molecule has 0 aromatic rings. The van der Waals surface area contributed by atoms with Gasteiger partial charge in [0.1, 0.15) is 6.61 Å². The van der Waals surface area contributed by atoms with Crippen molar-refractivity contribution in [3.63, 3.8) is 0 Å². The fraction of sp³-hybridized carbons (Fsp3) is 0.882. The van der Waals surface area contributed by atoms with Gasteiger partial charge in [0.15, 0.2) is 0 Å². The van der Waals surface area contributed by atoms with Crippen LogP contribution in [0.5, 0.6) is 0 Å². The molecule has 0 aliphatic heterocycles. The average Bonchev–Trinajstić information content (AvgIpc) is 2.51. The van der Waals surface area contributed by atoms with Crippen LogP contribution in [0.25, 0.3) is 0 Å². The molecule has 0 saturated carbocycles. The molecule has 0 fully saturated rings. The van der Waals surface area contributed by atoms with E-state index in [2.05, 4.69) is 6.92 Å². The number of hydrogen-bond acceptors (Lipinski definition) is 5. The average molecular weight is 316 g/mol. The van der Waals surface area contributed by atoms with Gasteiger partial charge < -0.3 is 14.2 Å². The number of carbonyl (C=O) groups is 2. The first-order valence-corrected chi connectivity index (χ1v) is 8.50. The van der Waals surface area contributed by atoms with Crippen LogP contribution in [0, 0.1) is 0 Å². The highest BCUT2D eigenvalue weighted by atomic mass is 16.6. The molecule has 5 nitrogen and oxygen atoms in total. The van der Waals surface area contributed by atoms with Gasteiger partial charge in [0.2, 0.25) is 0 Å². The number of esters is 2. The van der Waals surface area contributed by atoms with Crippen molar-refractivity contribution in [1.29, 1.82) is 0 Å². The molecule has 0 saturated heterocycles. The second-order valence-electron chi connectivity index (χ2n) is 5.41. The van der Waals surface area contributed by atoms with Gasteiger partial charge in [-0.05, 0) is 19.3 Å². The first-order chi connectivity index (χ1) is 10.7. The zero-order chi connectivity index (χ0) is 16.5. The van der Waals surface area contributed by atoms with Crippen molar-refractivity contribution < 1.29 is 23.8 Å². The molecule has 0 rings (SSSR count). The van der Waals surface area contributed by atoms with Gasteiger partial charge in [-0.15, -0.1) is 0 Å². The number of carbonyl (C=O) groups excluding carboxylic acids is 2. The van der Waals surface area contributed by atoms with Crippen LogP contribution < -0.4 is 0 Å². The normalized spacial score (nSPS) is 10.5. The summed E-state index contributed by atoms with van der Waals surface area (Å²) in [6.07, 6.45) is 9.12. The van der Waals surface area contributed by atoms with Crippen LogP contribution in [0.15, 0.2) is 0 Å². The Balaban J connectivity index is 3.30. The van der Waals surface area contributed by atoms with Gasteiger partial charge in [-0.1, -0.05) is 39.0 Å². The number of ether oxygens (including phenoxy) is 3. The predicted molar refractivity (Wildman–Crippen MR) is 85.6 cm³/mol. The van der Waals surface area contributed by atoms with E-state index in [0.717, 1.165) is 12.8 Å². The van der Waals surface area contributed by atoms with Crippen molar-refractivity contribution in [1.82, 2.24) is 0 Å². The molecule has 5 heteroatoms. The Kier molecular flexibility index (Phi) is 15.5. The highest BCUT2D eigenvalue weighted by Crippen LogP contribution is 2.06. The maximum Gasteiger partial charge on any atom is 0.305 e. The molecule has 0 N–H and O–H groups in total. The summed E-state index contributed by atoms with van der Waals surface area (Å²) in [6.45, 7) is 3.41. The molecule has 130 valence electrons. The second-order valence-corrected chi connectivity index (χ2v) is 5.41. The van der Waals surface area contributed by atoms with Crippen LogP contribution in [0.4, 0.5) is 0 Å². The maximum absolute atomic E-state index is 11.5. The highest BCUT2D eigenvalue weighted by molar-refractivity contribution is 5.70. The van der Waals surface area contributed by atoms with E-state index in [4.69, 9.17) is 14.2 Å². The van der Waals surface area contributed by atoms with E-state index in [9.17, 15) is 9.59 Å². The molecular weight excluding hydrogens is 284 g/mol. The first kappa shape index (κ1) is 20.9. The number of rotatable bonds is 15. The minimum atomic E-state index is -0.238. The standard InChI is InChI=1S/C17H32O5/c1-3-4-5-6-7-10-13-21-16(18)11-8-9-12-17(19)22-15-14-20-2/h3-15H2,1-2H3. The lowest BCUT2D eigenvalue weighted by molar-refractivity contribution is -0.146. The summed E-state index contributed by atoms with van der Waals surface area (Å²) in [5.41, 5.74) is 0. The second kappa shape index (κ2) is 16.3. The summed E-state index contributed by atoms with van der Waals surface area (Å²) in [6, 6.07) is 0. The zero-order valence-electron chi connectivity index (χ0n) is 14.2.